The van der Waals surface area contributed by atoms with Crippen LogP contribution in [0.2, 0.25) is 0 Å². The third-order valence-electron chi connectivity index (χ3n) is 5.92. The molecule has 0 spiro atoms. The molecule has 0 saturated heterocycles. The van der Waals surface area contributed by atoms with Crippen LogP contribution in [0.3, 0.4) is 0 Å². The first-order valence-electron chi connectivity index (χ1n) is 12.3. The first-order valence-corrected chi connectivity index (χ1v) is 12.3. The van der Waals surface area contributed by atoms with Gasteiger partial charge in [-0.25, -0.2) is 9.97 Å². The van der Waals surface area contributed by atoms with Gasteiger partial charge in [-0.2, -0.15) is 0 Å². The van der Waals surface area contributed by atoms with Gasteiger partial charge in [0.15, 0.2) is 5.82 Å². The summed E-state index contributed by atoms with van der Waals surface area (Å²) in [6, 6.07) is 14.2. The summed E-state index contributed by atoms with van der Waals surface area (Å²) in [5.74, 6) is 1.36. The molecule has 0 amide bonds. The van der Waals surface area contributed by atoms with Gasteiger partial charge in [-0.3, -0.25) is 0 Å². The van der Waals surface area contributed by atoms with Gasteiger partial charge in [0, 0.05) is 24.2 Å². The van der Waals surface area contributed by atoms with Crippen LogP contribution in [-0.2, 0) is 0 Å². The van der Waals surface area contributed by atoms with E-state index in [0.29, 0.717) is 0 Å². The number of benzene rings is 2. The molecule has 0 aliphatic carbocycles. The third kappa shape index (κ3) is 7.21. The number of nitrogens with zero attached hydrogens (tertiary/aromatic N) is 3. The zero-order chi connectivity index (χ0) is 23.5. The number of aromatic nitrogens is 2. The smallest absolute Gasteiger partial charge is 0.155 e. The van der Waals surface area contributed by atoms with Crippen molar-refractivity contribution in [3.63, 3.8) is 0 Å². The van der Waals surface area contributed by atoms with Crippen molar-refractivity contribution in [2.45, 2.75) is 65.2 Å². The lowest BCUT2D eigenvalue weighted by atomic mass is 10.1. The average molecular weight is 448 g/mol. The van der Waals surface area contributed by atoms with Crippen LogP contribution in [-0.4, -0.2) is 33.3 Å². The van der Waals surface area contributed by atoms with E-state index in [1.807, 2.05) is 30.5 Å². The molecule has 3 aromatic rings. The van der Waals surface area contributed by atoms with Gasteiger partial charge in [-0.1, -0.05) is 52.4 Å². The normalized spacial score (nSPS) is 11.0. The number of phenolic OH excluding ortho intramolecular Hbond substituents is 2. The Bertz CT molecular complexity index is 959. The van der Waals surface area contributed by atoms with Crippen molar-refractivity contribution in [1.29, 1.82) is 0 Å². The predicted molar refractivity (Wildman–Crippen MR) is 137 cm³/mol. The zero-order valence-electron chi connectivity index (χ0n) is 20.0. The minimum absolute atomic E-state index is 0.229. The summed E-state index contributed by atoms with van der Waals surface area (Å²) in [5.41, 5.74) is 3.43. The Morgan fingerprint density at radius 3 is 1.70 bits per heavy atom. The lowest BCUT2D eigenvalue weighted by molar-refractivity contribution is 0.475. The van der Waals surface area contributed by atoms with Crippen molar-refractivity contribution in [3.8, 4) is 34.0 Å². The van der Waals surface area contributed by atoms with E-state index < -0.39 is 0 Å². The minimum Gasteiger partial charge on any atom is -0.508 e. The standard InChI is InChI=1S/C28H37N3O2/c1-3-5-7-9-19-31(20-10-8-6-4-2)28-27(23-13-17-25(33)18-14-23)30-26(21-29-28)22-11-15-24(32)16-12-22/h11-18,21,32-33H,3-10,19-20H2,1-2H3. The fraction of sp³-hybridized carbons (Fsp3) is 0.429. The van der Waals surface area contributed by atoms with Gasteiger partial charge in [0.25, 0.3) is 0 Å². The van der Waals surface area contributed by atoms with Crippen LogP contribution >= 0.6 is 0 Å². The van der Waals surface area contributed by atoms with Gasteiger partial charge < -0.3 is 15.1 Å². The van der Waals surface area contributed by atoms with Crippen LogP contribution < -0.4 is 4.90 Å². The van der Waals surface area contributed by atoms with Crippen molar-refractivity contribution in [1.82, 2.24) is 9.97 Å². The molecule has 0 aliphatic heterocycles. The largest absolute Gasteiger partial charge is 0.508 e. The van der Waals surface area contributed by atoms with Crippen LogP contribution in [0.4, 0.5) is 5.82 Å². The molecular formula is C28H37N3O2. The molecule has 0 radical (unpaired) electrons. The number of anilines is 1. The Hall–Kier alpha value is -3.08. The maximum absolute atomic E-state index is 9.80. The number of rotatable bonds is 13. The number of hydrogen-bond acceptors (Lipinski definition) is 5. The van der Waals surface area contributed by atoms with Gasteiger partial charge >= 0.3 is 0 Å². The number of phenols is 2. The van der Waals surface area contributed by atoms with Crippen molar-refractivity contribution < 1.29 is 10.2 Å². The fourth-order valence-corrected chi connectivity index (χ4v) is 3.98. The molecule has 0 fully saturated rings. The molecule has 33 heavy (non-hydrogen) atoms. The average Bonchev–Trinajstić information content (AvgIpc) is 2.84. The number of unbranched alkanes of at least 4 members (excludes halogenated alkanes) is 6. The number of hydrogen-bond donors (Lipinski definition) is 2. The van der Waals surface area contributed by atoms with Crippen molar-refractivity contribution >= 4 is 5.82 Å². The lowest BCUT2D eigenvalue weighted by Gasteiger charge is -2.26. The highest BCUT2D eigenvalue weighted by Gasteiger charge is 2.17. The third-order valence-corrected chi connectivity index (χ3v) is 5.92. The molecule has 3 rings (SSSR count). The molecule has 1 aromatic heterocycles. The van der Waals surface area contributed by atoms with E-state index in [9.17, 15) is 10.2 Å². The SMILES string of the molecule is CCCCCCN(CCCCCC)c1ncc(-c2ccc(O)cc2)nc1-c1ccc(O)cc1. The maximum Gasteiger partial charge on any atom is 0.155 e. The van der Waals surface area contributed by atoms with E-state index in [2.05, 4.69) is 18.7 Å². The summed E-state index contributed by atoms with van der Waals surface area (Å²) >= 11 is 0. The Morgan fingerprint density at radius 2 is 1.18 bits per heavy atom. The van der Waals surface area contributed by atoms with Crippen LogP contribution in [0.5, 0.6) is 11.5 Å². The second kappa shape index (κ2) is 12.8. The van der Waals surface area contributed by atoms with Gasteiger partial charge in [0.05, 0.1) is 11.9 Å². The van der Waals surface area contributed by atoms with E-state index >= 15 is 0 Å². The molecule has 0 aliphatic rings. The summed E-state index contributed by atoms with van der Waals surface area (Å²) in [7, 11) is 0. The molecule has 176 valence electrons. The zero-order valence-corrected chi connectivity index (χ0v) is 20.0. The Balaban J connectivity index is 1.97. The highest BCUT2D eigenvalue weighted by atomic mass is 16.3. The Labute approximate surface area is 198 Å². The second-order valence-electron chi connectivity index (χ2n) is 8.63. The molecule has 0 atom stereocenters. The molecule has 0 unspecified atom stereocenters. The summed E-state index contributed by atoms with van der Waals surface area (Å²) < 4.78 is 0. The lowest BCUT2D eigenvalue weighted by Crippen LogP contribution is -2.27. The highest BCUT2D eigenvalue weighted by molar-refractivity contribution is 5.75. The first-order chi connectivity index (χ1) is 16.1. The topological polar surface area (TPSA) is 69.5 Å². The summed E-state index contributed by atoms with van der Waals surface area (Å²) in [6.45, 7) is 6.40. The molecular weight excluding hydrogens is 410 g/mol. The van der Waals surface area contributed by atoms with Crippen molar-refractivity contribution in [2.24, 2.45) is 0 Å². The fourth-order valence-electron chi connectivity index (χ4n) is 3.98. The predicted octanol–water partition coefficient (Wildman–Crippen LogP) is 7.19. The molecule has 2 aromatic carbocycles. The monoisotopic (exact) mass is 447 g/mol. The highest BCUT2D eigenvalue weighted by Crippen LogP contribution is 2.32. The summed E-state index contributed by atoms with van der Waals surface area (Å²) in [4.78, 5) is 12.3. The van der Waals surface area contributed by atoms with Crippen LogP contribution in [0.15, 0.2) is 54.7 Å². The molecule has 5 nitrogen and oxygen atoms in total. The van der Waals surface area contributed by atoms with E-state index in [1.54, 1.807) is 24.3 Å². The molecule has 2 N–H and O–H groups in total. The maximum atomic E-state index is 9.80. The quantitative estimate of drug-likeness (QED) is 0.271. The van der Waals surface area contributed by atoms with Crippen molar-refractivity contribution in [2.75, 3.05) is 18.0 Å². The van der Waals surface area contributed by atoms with Crippen LogP contribution in [0.25, 0.3) is 22.5 Å². The Morgan fingerprint density at radius 1 is 0.667 bits per heavy atom. The first kappa shape index (κ1) is 24.6. The van der Waals surface area contributed by atoms with Gasteiger partial charge in [-0.15, -0.1) is 0 Å². The Kier molecular flexibility index (Phi) is 9.55. The van der Waals surface area contributed by atoms with E-state index in [-0.39, 0.29) is 11.5 Å². The van der Waals surface area contributed by atoms with Crippen molar-refractivity contribution in [3.05, 3.63) is 54.7 Å². The van der Waals surface area contributed by atoms with Crippen LogP contribution in [0.1, 0.15) is 65.2 Å². The molecule has 0 bridgehead atoms. The molecule has 5 heteroatoms. The van der Waals surface area contributed by atoms with Gasteiger partial charge in [-0.05, 0) is 61.4 Å². The van der Waals surface area contributed by atoms with Gasteiger partial charge in [0.1, 0.15) is 17.2 Å². The minimum atomic E-state index is 0.229. The van der Waals surface area contributed by atoms with E-state index in [0.717, 1.165) is 54.3 Å². The van der Waals surface area contributed by atoms with Gasteiger partial charge in [0.2, 0.25) is 0 Å². The van der Waals surface area contributed by atoms with E-state index in [4.69, 9.17) is 9.97 Å². The molecule has 0 saturated carbocycles. The molecule has 1 heterocycles. The summed E-state index contributed by atoms with van der Waals surface area (Å²) in [5, 5.41) is 19.5. The second-order valence-corrected chi connectivity index (χ2v) is 8.63. The number of aromatic hydroxyl groups is 2. The van der Waals surface area contributed by atoms with E-state index in [1.165, 1.54) is 38.5 Å². The van der Waals surface area contributed by atoms with Crippen LogP contribution in [0, 0.1) is 0 Å². The summed E-state index contributed by atoms with van der Waals surface area (Å²) in [6.07, 6.45) is 11.5.